The number of nitrogens with zero attached hydrogens (tertiary/aromatic N) is 1. The van der Waals surface area contributed by atoms with Crippen LogP contribution < -0.4 is 15.5 Å². The van der Waals surface area contributed by atoms with Crippen LogP contribution in [0.2, 0.25) is 0 Å². The number of aliphatic hydroxyl groups is 1. The van der Waals surface area contributed by atoms with Crippen molar-refractivity contribution in [2.45, 2.75) is 32.5 Å². The van der Waals surface area contributed by atoms with E-state index in [0.717, 1.165) is 28.0 Å². The summed E-state index contributed by atoms with van der Waals surface area (Å²) in [5, 5.41) is 17.4. The maximum absolute atomic E-state index is 13.4. The van der Waals surface area contributed by atoms with Crippen LogP contribution in [0, 0.1) is 6.92 Å². The van der Waals surface area contributed by atoms with Crippen LogP contribution in [0.1, 0.15) is 29.2 Å². The molecule has 6 nitrogen and oxygen atoms in total. The molecular weight excluding hydrogens is 390 g/mol. The van der Waals surface area contributed by atoms with Gasteiger partial charge in [0.25, 0.3) is 11.6 Å². The van der Waals surface area contributed by atoms with Gasteiger partial charge in [-0.1, -0.05) is 67.1 Å². The number of nitrogens with one attached hydrogen (secondary N) is 2. The number of hydrogen-bond donors (Lipinski definition) is 3. The zero-order valence-corrected chi connectivity index (χ0v) is 17.6. The van der Waals surface area contributed by atoms with E-state index in [-0.39, 0.29) is 6.54 Å². The van der Waals surface area contributed by atoms with Gasteiger partial charge in [-0.2, -0.15) is 0 Å². The van der Waals surface area contributed by atoms with E-state index in [2.05, 4.69) is 10.6 Å². The largest absolute Gasteiger partial charge is 0.359 e. The standard InChI is InChI=1S/C25H25N3O3/c1-3-18-12-14-20(15-13-18)28-24(30)27-22-7-5-4-6-21(22)25(28,31)23(29)26-16-19-10-8-17(2)9-11-19/h4-15,31H,3,16H2,1-2H3,(H,26,29)(H,27,30). The first-order chi connectivity index (χ1) is 14.9. The number of urea groups is 1. The van der Waals surface area contributed by atoms with Crippen molar-refractivity contribution < 1.29 is 14.7 Å². The molecule has 0 fully saturated rings. The molecule has 3 amide bonds. The number of carbonyl (C=O) groups excluding carboxylic acids is 2. The van der Waals surface area contributed by atoms with Gasteiger partial charge in [0.15, 0.2) is 0 Å². The Morgan fingerprint density at radius 1 is 1.00 bits per heavy atom. The normalized spacial score (nSPS) is 17.6. The molecule has 1 aliphatic heterocycles. The van der Waals surface area contributed by atoms with E-state index in [1.54, 1.807) is 36.4 Å². The smallest absolute Gasteiger partial charge is 0.329 e. The molecule has 0 bridgehead atoms. The van der Waals surface area contributed by atoms with E-state index in [4.69, 9.17) is 0 Å². The van der Waals surface area contributed by atoms with Crippen molar-refractivity contribution in [3.05, 3.63) is 95.1 Å². The number of fused-ring (bicyclic) bond motifs is 1. The van der Waals surface area contributed by atoms with Gasteiger partial charge in [-0.15, -0.1) is 0 Å². The summed E-state index contributed by atoms with van der Waals surface area (Å²) >= 11 is 0. The molecule has 0 saturated heterocycles. The van der Waals surface area contributed by atoms with Crippen molar-refractivity contribution in [1.29, 1.82) is 0 Å². The minimum Gasteiger partial charge on any atom is -0.359 e. The van der Waals surface area contributed by atoms with Crippen LogP contribution in [0.25, 0.3) is 0 Å². The van der Waals surface area contributed by atoms with E-state index < -0.39 is 17.7 Å². The van der Waals surface area contributed by atoms with Gasteiger partial charge in [-0.05, 0) is 42.7 Å². The molecule has 31 heavy (non-hydrogen) atoms. The van der Waals surface area contributed by atoms with Crippen molar-refractivity contribution >= 4 is 23.3 Å². The lowest BCUT2D eigenvalue weighted by Gasteiger charge is -2.42. The van der Waals surface area contributed by atoms with Crippen LogP contribution in [0.5, 0.6) is 0 Å². The first kappa shape index (κ1) is 20.6. The number of rotatable bonds is 5. The summed E-state index contributed by atoms with van der Waals surface area (Å²) < 4.78 is 0. The molecule has 0 aliphatic carbocycles. The third-order valence-electron chi connectivity index (χ3n) is 5.56. The van der Waals surface area contributed by atoms with Crippen molar-refractivity contribution in [2.24, 2.45) is 0 Å². The third-order valence-corrected chi connectivity index (χ3v) is 5.56. The highest BCUT2D eigenvalue weighted by molar-refractivity contribution is 6.11. The number of amides is 3. The number of para-hydroxylation sites is 1. The predicted octanol–water partition coefficient (Wildman–Crippen LogP) is 4.07. The zero-order valence-electron chi connectivity index (χ0n) is 17.6. The molecule has 1 unspecified atom stereocenters. The molecule has 4 rings (SSSR count). The number of anilines is 2. The van der Waals surface area contributed by atoms with Crippen molar-refractivity contribution in [2.75, 3.05) is 10.2 Å². The van der Waals surface area contributed by atoms with Gasteiger partial charge in [0.2, 0.25) is 0 Å². The molecule has 0 saturated carbocycles. The molecule has 3 aromatic rings. The lowest BCUT2D eigenvalue weighted by Crippen LogP contribution is -2.62. The zero-order chi connectivity index (χ0) is 22.0. The highest BCUT2D eigenvalue weighted by Gasteiger charge is 2.51. The number of benzene rings is 3. The fourth-order valence-corrected chi connectivity index (χ4v) is 3.75. The Morgan fingerprint density at radius 2 is 1.65 bits per heavy atom. The Hall–Kier alpha value is -3.64. The Bertz CT molecular complexity index is 1110. The average molecular weight is 415 g/mol. The molecule has 1 aliphatic rings. The molecule has 1 atom stereocenters. The van der Waals surface area contributed by atoms with Crippen LogP contribution in [0.4, 0.5) is 16.2 Å². The minimum atomic E-state index is -2.20. The van der Waals surface area contributed by atoms with Crippen LogP contribution in [-0.4, -0.2) is 17.0 Å². The summed E-state index contributed by atoms with van der Waals surface area (Å²) in [6.45, 7) is 4.26. The molecule has 3 N–H and O–H groups in total. The molecule has 6 heteroatoms. The number of aryl methyl sites for hydroxylation is 2. The van der Waals surface area contributed by atoms with Gasteiger partial charge in [0.1, 0.15) is 0 Å². The SMILES string of the molecule is CCc1ccc(N2C(=O)Nc3ccccc3C2(O)C(=O)NCc2ccc(C)cc2)cc1. The second-order valence-electron chi connectivity index (χ2n) is 7.67. The summed E-state index contributed by atoms with van der Waals surface area (Å²) in [6.07, 6.45) is 0.844. The predicted molar refractivity (Wildman–Crippen MR) is 121 cm³/mol. The van der Waals surface area contributed by atoms with Gasteiger partial charge in [0.05, 0.1) is 5.69 Å². The average Bonchev–Trinajstić information content (AvgIpc) is 2.79. The lowest BCUT2D eigenvalue weighted by molar-refractivity contribution is -0.140. The Labute approximate surface area is 181 Å². The molecule has 0 radical (unpaired) electrons. The van der Waals surface area contributed by atoms with E-state index in [1.165, 1.54) is 0 Å². The van der Waals surface area contributed by atoms with Crippen LogP contribution in [0.3, 0.4) is 0 Å². The van der Waals surface area contributed by atoms with Gasteiger partial charge >= 0.3 is 6.03 Å². The minimum absolute atomic E-state index is 0.230. The summed E-state index contributed by atoms with van der Waals surface area (Å²) in [4.78, 5) is 27.5. The molecule has 3 aromatic carbocycles. The fourth-order valence-electron chi connectivity index (χ4n) is 3.75. The van der Waals surface area contributed by atoms with E-state index in [9.17, 15) is 14.7 Å². The third kappa shape index (κ3) is 3.78. The first-order valence-corrected chi connectivity index (χ1v) is 10.3. The molecule has 1 heterocycles. The number of carbonyl (C=O) groups is 2. The van der Waals surface area contributed by atoms with Crippen LogP contribution in [0.15, 0.2) is 72.8 Å². The van der Waals surface area contributed by atoms with Crippen molar-refractivity contribution in [1.82, 2.24) is 5.32 Å². The first-order valence-electron chi connectivity index (χ1n) is 10.3. The molecule has 158 valence electrons. The quantitative estimate of drug-likeness (QED) is 0.588. The summed E-state index contributed by atoms with van der Waals surface area (Å²) in [5.41, 5.74) is 2.06. The second kappa shape index (κ2) is 8.24. The summed E-state index contributed by atoms with van der Waals surface area (Å²) in [7, 11) is 0. The van der Waals surface area contributed by atoms with Crippen LogP contribution in [-0.2, 0) is 23.5 Å². The highest BCUT2D eigenvalue weighted by atomic mass is 16.3. The molecule has 0 spiro atoms. The monoisotopic (exact) mass is 415 g/mol. The summed E-state index contributed by atoms with van der Waals surface area (Å²) in [5.74, 6) is -0.671. The van der Waals surface area contributed by atoms with Crippen LogP contribution >= 0.6 is 0 Å². The summed E-state index contributed by atoms with van der Waals surface area (Å²) in [6, 6.07) is 21.2. The fraction of sp³-hybridized carbons (Fsp3) is 0.200. The number of hydrogen-bond acceptors (Lipinski definition) is 3. The maximum Gasteiger partial charge on any atom is 0.329 e. The van der Waals surface area contributed by atoms with Gasteiger partial charge in [-0.25, -0.2) is 4.79 Å². The maximum atomic E-state index is 13.4. The lowest BCUT2D eigenvalue weighted by atomic mass is 9.94. The Kier molecular flexibility index (Phi) is 5.48. The molecule has 0 aromatic heterocycles. The Balaban J connectivity index is 1.73. The van der Waals surface area contributed by atoms with Crippen molar-refractivity contribution in [3.8, 4) is 0 Å². The Morgan fingerprint density at radius 3 is 2.32 bits per heavy atom. The van der Waals surface area contributed by atoms with Gasteiger partial charge in [-0.3, -0.25) is 9.69 Å². The van der Waals surface area contributed by atoms with Crippen molar-refractivity contribution in [3.63, 3.8) is 0 Å². The highest BCUT2D eigenvalue weighted by Crippen LogP contribution is 2.39. The van der Waals surface area contributed by atoms with Gasteiger partial charge in [0, 0.05) is 17.8 Å². The topological polar surface area (TPSA) is 81.7 Å². The van der Waals surface area contributed by atoms with E-state index >= 15 is 0 Å². The van der Waals surface area contributed by atoms with E-state index in [1.807, 2.05) is 50.2 Å². The van der Waals surface area contributed by atoms with Gasteiger partial charge < -0.3 is 15.7 Å². The molecular formula is C25H25N3O3. The second-order valence-corrected chi connectivity index (χ2v) is 7.67. The van der Waals surface area contributed by atoms with E-state index in [0.29, 0.717) is 16.9 Å².